The molecule has 3 rings (SSSR count). The van der Waals surface area contributed by atoms with Crippen molar-refractivity contribution in [1.82, 2.24) is 14.9 Å². The number of halogens is 3. The lowest BCUT2D eigenvalue weighted by Gasteiger charge is -2.32. The molecule has 2 aromatic rings. The van der Waals surface area contributed by atoms with Gasteiger partial charge in [0.15, 0.2) is 0 Å². The first kappa shape index (κ1) is 19.9. The Balaban J connectivity index is 1.53. The summed E-state index contributed by atoms with van der Waals surface area (Å²) in [5.74, 6) is 0.224. The monoisotopic (exact) mass is 395 g/mol. The van der Waals surface area contributed by atoms with Crippen LogP contribution in [0.3, 0.4) is 0 Å². The third-order valence-corrected chi connectivity index (χ3v) is 4.58. The van der Waals surface area contributed by atoms with Crippen LogP contribution in [-0.4, -0.2) is 47.6 Å². The summed E-state index contributed by atoms with van der Waals surface area (Å²) in [5, 5.41) is 0. The van der Waals surface area contributed by atoms with Crippen molar-refractivity contribution in [2.24, 2.45) is 5.92 Å². The van der Waals surface area contributed by atoms with Gasteiger partial charge in [0.1, 0.15) is 11.3 Å². The Hall–Kier alpha value is -2.84. The lowest BCUT2D eigenvalue weighted by Crippen LogP contribution is -2.39. The van der Waals surface area contributed by atoms with E-state index in [4.69, 9.17) is 9.47 Å². The van der Waals surface area contributed by atoms with Crippen LogP contribution < -0.4 is 9.47 Å². The van der Waals surface area contributed by atoms with E-state index in [2.05, 4.69) is 9.97 Å². The number of ether oxygens (including phenoxy) is 2. The van der Waals surface area contributed by atoms with E-state index in [-0.39, 0.29) is 30.2 Å². The van der Waals surface area contributed by atoms with Crippen molar-refractivity contribution >= 4 is 5.91 Å². The largest absolute Gasteiger partial charge is 0.480 e. The van der Waals surface area contributed by atoms with Crippen LogP contribution >= 0.6 is 0 Å². The molecule has 1 saturated heterocycles. The number of hydrogen-bond acceptors (Lipinski definition) is 5. The van der Waals surface area contributed by atoms with Gasteiger partial charge < -0.3 is 14.4 Å². The van der Waals surface area contributed by atoms with Gasteiger partial charge in [-0.3, -0.25) is 4.79 Å². The fraction of sp³-hybridized carbons (Fsp3) is 0.421. The summed E-state index contributed by atoms with van der Waals surface area (Å²) in [6.07, 6.45) is -1.57. The summed E-state index contributed by atoms with van der Waals surface area (Å²) in [4.78, 5) is 21.9. The van der Waals surface area contributed by atoms with Crippen molar-refractivity contribution in [1.29, 1.82) is 0 Å². The molecule has 3 heterocycles. The molecule has 2 aromatic heterocycles. The van der Waals surface area contributed by atoms with Gasteiger partial charge in [-0.15, -0.1) is 0 Å². The molecule has 6 nitrogen and oxygen atoms in total. The number of likely N-dealkylation sites (tertiary alicyclic amines) is 1. The number of pyridine rings is 2. The van der Waals surface area contributed by atoms with Crippen LogP contribution in [0.25, 0.3) is 0 Å². The Morgan fingerprint density at radius 2 is 1.96 bits per heavy atom. The van der Waals surface area contributed by atoms with Gasteiger partial charge in [0.2, 0.25) is 11.8 Å². The molecule has 150 valence electrons. The standard InChI is InChI=1S/C19H20F3N3O3/c1-27-17-14(4-3-9-23-17)18(26)25-10-7-13(8-11-25)12-28-16-6-2-5-15(24-16)19(20,21)22/h2-6,9,13H,7-8,10-12H2,1H3. The summed E-state index contributed by atoms with van der Waals surface area (Å²) in [6, 6.07) is 6.93. The zero-order valence-corrected chi connectivity index (χ0v) is 15.3. The molecule has 0 aromatic carbocycles. The number of hydrogen-bond donors (Lipinski definition) is 0. The molecule has 1 aliphatic rings. The predicted molar refractivity (Wildman–Crippen MR) is 94.2 cm³/mol. The van der Waals surface area contributed by atoms with Crippen LogP contribution in [0.5, 0.6) is 11.8 Å². The average molecular weight is 395 g/mol. The molecule has 0 aliphatic carbocycles. The van der Waals surface area contributed by atoms with Crippen LogP contribution in [0.15, 0.2) is 36.5 Å². The number of carbonyl (C=O) groups excluding carboxylic acids is 1. The minimum Gasteiger partial charge on any atom is -0.480 e. The molecule has 28 heavy (non-hydrogen) atoms. The first-order chi connectivity index (χ1) is 13.4. The highest BCUT2D eigenvalue weighted by Crippen LogP contribution is 2.29. The van der Waals surface area contributed by atoms with Crippen molar-refractivity contribution in [2.45, 2.75) is 19.0 Å². The molecule has 0 saturated carbocycles. The molecular formula is C19H20F3N3O3. The highest BCUT2D eigenvalue weighted by molar-refractivity contribution is 5.96. The second-order valence-corrected chi connectivity index (χ2v) is 6.47. The fourth-order valence-electron chi connectivity index (χ4n) is 3.05. The molecule has 0 radical (unpaired) electrons. The van der Waals surface area contributed by atoms with Crippen LogP contribution in [-0.2, 0) is 6.18 Å². The number of methoxy groups -OCH3 is 1. The molecule has 0 spiro atoms. The van der Waals surface area contributed by atoms with Crippen molar-refractivity contribution in [3.8, 4) is 11.8 Å². The lowest BCUT2D eigenvalue weighted by molar-refractivity contribution is -0.141. The second kappa shape index (κ2) is 8.45. The van der Waals surface area contributed by atoms with Crippen molar-refractivity contribution < 1.29 is 27.4 Å². The molecule has 0 bridgehead atoms. The third kappa shape index (κ3) is 4.71. The van der Waals surface area contributed by atoms with Gasteiger partial charge in [0.05, 0.1) is 13.7 Å². The Kier molecular flexibility index (Phi) is 6.01. The van der Waals surface area contributed by atoms with Crippen molar-refractivity contribution in [2.75, 3.05) is 26.8 Å². The van der Waals surface area contributed by atoms with Crippen molar-refractivity contribution in [3.05, 3.63) is 47.8 Å². The summed E-state index contributed by atoms with van der Waals surface area (Å²) >= 11 is 0. The molecule has 1 fully saturated rings. The Bertz CT molecular complexity index is 821. The molecular weight excluding hydrogens is 375 g/mol. The average Bonchev–Trinajstić information content (AvgIpc) is 2.71. The molecule has 0 N–H and O–H groups in total. The quantitative estimate of drug-likeness (QED) is 0.776. The van der Waals surface area contributed by atoms with Gasteiger partial charge in [0, 0.05) is 25.4 Å². The van der Waals surface area contributed by atoms with Gasteiger partial charge in [-0.05, 0) is 37.0 Å². The zero-order valence-electron chi connectivity index (χ0n) is 15.3. The maximum atomic E-state index is 12.7. The Labute approximate surface area is 160 Å². The lowest BCUT2D eigenvalue weighted by atomic mass is 9.97. The maximum absolute atomic E-state index is 12.7. The fourth-order valence-corrected chi connectivity index (χ4v) is 3.05. The van der Waals surface area contributed by atoms with Crippen LogP contribution in [0.4, 0.5) is 13.2 Å². The minimum absolute atomic E-state index is 0.0478. The summed E-state index contributed by atoms with van der Waals surface area (Å²) < 4.78 is 48.7. The van der Waals surface area contributed by atoms with Crippen LogP contribution in [0, 0.1) is 5.92 Å². The number of carbonyl (C=O) groups is 1. The number of nitrogens with zero attached hydrogens (tertiary/aromatic N) is 3. The second-order valence-electron chi connectivity index (χ2n) is 6.47. The first-order valence-electron chi connectivity index (χ1n) is 8.84. The van der Waals surface area contributed by atoms with Gasteiger partial charge in [0.25, 0.3) is 5.91 Å². The molecule has 1 aliphatic heterocycles. The predicted octanol–water partition coefficient (Wildman–Crippen LogP) is 3.44. The summed E-state index contributed by atoms with van der Waals surface area (Å²) in [5.41, 5.74) is -0.566. The molecule has 1 amide bonds. The Morgan fingerprint density at radius 3 is 2.64 bits per heavy atom. The smallest absolute Gasteiger partial charge is 0.433 e. The number of rotatable bonds is 5. The third-order valence-electron chi connectivity index (χ3n) is 4.58. The number of alkyl halides is 3. The molecule has 0 atom stereocenters. The van der Waals surface area contributed by atoms with Crippen molar-refractivity contribution in [3.63, 3.8) is 0 Å². The van der Waals surface area contributed by atoms with Gasteiger partial charge >= 0.3 is 6.18 Å². The van der Waals surface area contributed by atoms with E-state index in [1.54, 1.807) is 23.2 Å². The van der Waals surface area contributed by atoms with Crippen LogP contribution in [0.2, 0.25) is 0 Å². The van der Waals surface area contributed by atoms with E-state index in [1.165, 1.54) is 19.2 Å². The normalized spacial score (nSPS) is 15.4. The van der Waals surface area contributed by atoms with Gasteiger partial charge in [-0.25, -0.2) is 9.97 Å². The molecule has 9 heteroatoms. The zero-order chi connectivity index (χ0) is 20.1. The summed E-state index contributed by atoms with van der Waals surface area (Å²) in [6.45, 7) is 1.31. The van der Waals surface area contributed by atoms with Gasteiger partial charge in [-0.1, -0.05) is 6.07 Å². The highest BCUT2D eigenvalue weighted by atomic mass is 19.4. The van der Waals surface area contributed by atoms with E-state index in [1.807, 2.05) is 0 Å². The van der Waals surface area contributed by atoms with E-state index in [0.29, 0.717) is 31.5 Å². The molecule has 0 unspecified atom stereocenters. The minimum atomic E-state index is -4.50. The van der Waals surface area contributed by atoms with E-state index in [0.717, 1.165) is 6.07 Å². The number of aromatic nitrogens is 2. The topological polar surface area (TPSA) is 64.5 Å². The maximum Gasteiger partial charge on any atom is 0.433 e. The SMILES string of the molecule is COc1ncccc1C(=O)N1CCC(COc2cccc(C(F)(F)F)n2)CC1. The van der Waals surface area contributed by atoms with E-state index in [9.17, 15) is 18.0 Å². The number of piperidine rings is 1. The first-order valence-corrected chi connectivity index (χ1v) is 8.84. The van der Waals surface area contributed by atoms with Crippen LogP contribution in [0.1, 0.15) is 28.9 Å². The van der Waals surface area contributed by atoms with E-state index < -0.39 is 11.9 Å². The van der Waals surface area contributed by atoms with E-state index >= 15 is 0 Å². The highest BCUT2D eigenvalue weighted by Gasteiger charge is 2.33. The Morgan fingerprint density at radius 1 is 1.21 bits per heavy atom. The number of amides is 1. The summed E-state index contributed by atoms with van der Waals surface area (Å²) in [7, 11) is 1.46. The van der Waals surface area contributed by atoms with Gasteiger partial charge in [-0.2, -0.15) is 13.2 Å².